The second kappa shape index (κ2) is 3.56. The third-order valence-corrected chi connectivity index (χ3v) is 3.53. The van der Waals surface area contributed by atoms with Crippen LogP contribution >= 0.6 is 0 Å². The van der Waals surface area contributed by atoms with Crippen molar-refractivity contribution in [3.8, 4) is 0 Å². The topological polar surface area (TPSA) is 35.5 Å². The molecule has 0 saturated carbocycles. The van der Waals surface area contributed by atoms with Crippen LogP contribution < -0.4 is 5.32 Å². The van der Waals surface area contributed by atoms with Gasteiger partial charge in [-0.05, 0) is 38.4 Å². The van der Waals surface area contributed by atoms with Crippen LogP contribution in [0.1, 0.15) is 19.8 Å². The molecule has 0 amide bonds. The van der Waals surface area contributed by atoms with Gasteiger partial charge in [0.05, 0.1) is 5.60 Å². The number of nitrogens with zero attached hydrogens (tertiary/aromatic N) is 1. The molecule has 2 bridgehead atoms. The van der Waals surface area contributed by atoms with E-state index in [4.69, 9.17) is 0 Å². The number of likely N-dealkylation sites (N-methyl/N-ethyl adjacent to an activating group) is 1. The molecule has 0 aromatic carbocycles. The largest absolute Gasteiger partial charge is 0.387 e. The van der Waals surface area contributed by atoms with Crippen molar-refractivity contribution in [2.24, 2.45) is 5.92 Å². The van der Waals surface area contributed by atoms with E-state index < -0.39 is 5.60 Å². The van der Waals surface area contributed by atoms with Crippen molar-refractivity contribution in [1.82, 2.24) is 10.2 Å². The zero-order chi connectivity index (χ0) is 9.31. The first kappa shape index (κ1) is 9.44. The van der Waals surface area contributed by atoms with Gasteiger partial charge in [-0.25, -0.2) is 0 Å². The summed E-state index contributed by atoms with van der Waals surface area (Å²) in [6.07, 6.45) is 2.36. The van der Waals surface area contributed by atoms with E-state index in [-0.39, 0.29) is 0 Å². The predicted octanol–water partition coefficient (Wildman–Crippen LogP) is 0.0526. The maximum atomic E-state index is 10.4. The molecular weight excluding hydrogens is 164 g/mol. The van der Waals surface area contributed by atoms with E-state index in [0.717, 1.165) is 19.6 Å². The molecule has 3 aliphatic heterocycles. The van der Waals surface area contributed by atoms with Crippen LogP contribution in [0.15, 0.2) is 0 Å². The van der Waals surface area contributed by atoms with Gasteiger partial charge in [0, 0.05) is 13.1 Å². The van der Waals surface area contributed by atoms with Gasteiger partial charge in [0.15, 0.2) is 0 Å². The van der Waals surface area contributed by atoms with Crippen LogP contribution in [0.2, 0.25) is 0 Å². The minimum absolute atomic E-state index is 0.438. The van der Waals surface area contributed by atoms with Gasteiger partial charge in [-0.2, -0.15) is 0 Å². The molecule has 76 valence electrons. The summed E-state index contributed by atoms with van der Waals surface area (Å²) in [6, 6.07) is 0. The summed E-state index contributed by atoms with van der Waals surface area (Å²) in [6.45, 7) is 7.08. The molecule has 0 aliphatic carbocycles. The van der Waals surface area contributed by atoms with Gasteiger partial charge in [0.2, 0.25) is 0 Å². The fourth-order valence-corrected chi connectivity index (χ4v) is 2.69. The van der Waals surface area contributed by atoms with Crippen LogP contribution in [0, 0.1) is 5.92 Å². The second-order valence-corrected chi connectivity index (χ2v) is 4.43. The fourth-order valence-electron chi connectivity index (χ4n) is 2.69. The Bertz CT molecular complexity index is 178. The van der Waals surface area contributed by atoms with Gasteiger partial charge in [-0.15, -0.1) is 0 Å². The summed E-state index contributed by atoms with van der Waals surface area (Å²) >= 11 is 0. The maximum absolute atomic E-state index is 10.4. The molecule has 0 radical (unpaired) electrons. The standard InChI is InChI=1S/C10H20N2O/c1-2-11-7-10(13)8-12-5-3-9(10)4-6-12/h9,11,13H,2-8H2,1H3/t10-/m0/s1. The summed E-state index contributed by atoms with van der Waals surface area (Å²) in [5, 5.41) is 13.7. The van der Waals surface area contributed by atoms with E-state index in [1.54, 1.807) is 0 Å². The van der Waals surface area contributed by atoms with Gasteiger partial charge in [0.25, 0.3) is 0 Å². The number of hydrogen-bond acceptors (Lipinski definition) is 3. The molecular formula is C10H20N2O. The first-order chi connectivity index (χ1) is 6.24. The first-order valence-electron chi connectivity index (χ1n) is 5.40. The Kier molecular flexibility index (Phi) is 2.58. The van der Waals surface area contributed by atoms with Crippen molar-refractivity contribution in [1.29, 1.82) is 0 Å². The summed E-state index contributed by atoms with van der Waals surface area (Å²) in [4.78, 5) is 2.39. The van der Waals surface area contributed by atoms with Gasteiger partial charge < -0.3 is 15.3 Å². The van der Waals surface area contributed by atoms with E-state index >= 15 is 0 Å². The number of hydrogen-bond donors (Lipinski definition) is 2. The molecule has 3 heteroatoms. The van der Waals surface area contributed by atoms with Crippen LogP contribution in [0.5, 0.6) is 0 Å². The summed E-state index contributed by atoms with van der Waals surface area (Å²) in [5.74, 6) is 0.538. The average Bonchev–Trinajstić information content (AvgIpc) is 2.16. The van der Waals surface area contributed by atoms with Crippen LogP contribution in [-0.2, 0) is 0 Å². The van der Waals surface area contributed by atoms with Crippen molar-refractivity contribution in [2.75, 3.05) is 32.7 Å². The van der Waals surface area contributed by atoms with E-state index in [1.807, 2.05) is 0 Å². The highest BCUT2D eigenvalue weighted by Crippen LogP contribution is 2.34. The van der Waals surface area contributed by atoms with Gasteiger partial charge in [0.1, 0.15) is 0 Å². The number of nitrogens with one attached hydrogen (secondary N) is 1. The minimum atomic E-state index is -0.438. The van der Waals surface area contributed by atoms with Crippen LogP contribution in [-0.4, -0.2) is 48.3 Å². The first-order valence-corrected chi connectivity index (χ1v) is 5.40. The van der Waals surface area contributed by atoms with Crippen LogP contribution in [0.4, 0.5) is 0 Å². The van der Waals surface area contributed by atoms with Gasteiger partial charge in [-0.1, -0.05) is 6.92 Å². The lowest BCUT2D eigenvalue weighted by Crippen LogP contribution is -2.62. The maximum Gasteiger partial charge on any atom is 0.0926 e. The Labute approximate surface area is 80.1 Å². The second-order valence-electron chi connectivity index (χ2n) is 4.43. The monoisotopic (exact) mass is 184 g/mol. The molecule has 0 spiro atoms. The molecule has 0 aromatic rings. The lowest BCUT2D eigenvalue weighted by Gasteiger charge is -2.50. The molecule has 0 unspecified atom stereocenters. The molecule has 13 heavy (non-hydrogen) atoms. The number of fused-ring (bicyclic) bond motifs is 3. The molecule has 3 nitrogen and oxygen atoms in total. The Balaban J connectivity index is 1.97. The normalized spacial score (nSPS) is 43.8. The van der Waals surface area contributed by atoms with Crippen molar-refractivity contribution >= 4 is 0 Å². The van der Waals surface area contributed by atoms with Crippen molar-refractivity contribution in [3.05, 3.63) is 0 Å². The zero-order valence-corrected chi connectivity index (χ0v) is 8.42. The van der Waals surface area contributed by atoms with Gasteiger partial charge in [-0.3, -0.25) is 0 Å². The Hall–Kier alpha value is -0.120. The molecule has 2 N–H and O–H groups in total. The van der Waals surface area contributed by atoms with E-state index in [9.17, 15) is 5.11 Å². The Morgan fingerprint density at radius 2 is 2.15 bits per heavy atom. The summed E-state index contributed by atoms with van der Waals surface area (Å²) in [7, 11) is 0. The van der Waals surface area contributed by atoms with Crippen LogP contribution in [0.3, 0.4) is 0 Å². The highest BCUT2D eigenvalue weighted by atomic mass is 16.3. The zero-order valence-electron chi connectivity index (χ0n) is 8.42. The number of rotatable bonds is 3. The predicted molar refractivity (Wildman–Crippen MR) is 52.7 cm³/mol. The summed E-state index contributed by atoms with van der Waals surface area (Å²) < 4.78 is 0. The fraction of sp³-hybridized carbons (Fsp3) is 1.00. The molecule has 3 fully saturated rings. The smallest absolute Gasteiger partial charge is 0.0926 e. The average molecular weight is 184 g/mol. The lowest BCUT2D eigenvalue weighted by atomic mass is 9.75. The Morgan fingerprint density at radius 1 is 1.46 bits per heavy atom. The van der Waals surface area contributed by atoms with E-state index in [2.05, 4.69) is 17.1 Å². The minimum Gasteiger partial charge on any atom is -0.387 e. The summed E-state index contributed by atoms with van der Waals surface area (Å²) in [5.41, 5.74) is -0.438. The molecule has 0 aromatic heterocycles. The van der Waals surface area contributed by atoms with Gasteiger partial charge >= 0.3 is 0 Å². The molecule has 1 atom stereocenters. The van der Waals surface area contributed by atoms with E-state index in [0.29, 0.717) is 5.92 Å². The highest BCUT2D eigenvalue weighted by Gasteiger charge is 2.44. The third-order valence-electron chi connectivity index (χ3n) is 3.53. The SMILES string of the molecule is CCNC[C@]1(O)CN2CCC1CC2. The third kappa shape index (κ3) is 1.73. The Morgan fingerprint density at radius 3 is 2.62 bits per heavy atom. The molecule has 3 rings (SSSR count). The van der Waals surface area contributed by atoms with Crippen LogP contribution in [0.25, 0.3) is 0 Å². The number of aliphatic hydroxyl groups is 1. The van der Waals surface area contributed by atoms with E-state index in [1.165, 1.54) is 25.9 Å². The molecule has 3 heterocycles. The van der Waals surface area contributed by atoms with Crippen molar-refractivity contribution < 1.29 is 5.11 Å². The lowest BCUT2D eigenvalue weighted by molar-refractivity contribution is -0.109. The molecule has 3 aliphatic rings. The molecule has 3 saturated heterocycles. The number of piperidine rings is 3. The quantitative estimate of drug-likeness (QED) is 0.651. The van der Waals surface area contributed by atoms with Crippen molar-refractivity contribution in [3.63, 3.8) is 0 Å². The van der Waals surface area contributed by atoms with Crippen molar-refractivity contribution in [2.45, 2.75) is 25.4 Å². The highest BCUT2D eigenvalue weighted by molar-refractivity contribution is 4.99.